The van der Waals surface area contributed by atoms with Gasteiger partial charge in [-0.3, -0.25) is 9.59 Å². The normalized spacial score (nSPS) is 26.6. The first kappa shape index (κ1) is 26.7. The molecule has 38 heavy (non-hydrogen) atoms. The minimum Gasteiger partial charge on any atom is -0.504 e. The van der Waals surface area contributed by atoms with Gasteiger partial charge in [-0.25, -0.2) is 4.79 Å². The Balaban J connectivity index is 1.81. The number of rotatable bonds is 6. The molecule has 2 aliphatic rings. The number of hydrogen-bond acceptors (Lipinski definition) is 11. The number of carbonyl (C=O) groups excluding carboxylic acids is 1. The van der Waals surface area contributed by atoms with Crippen LogP contribution in [-0.4, -0.2) is 89.8 Å². The van der Waals surface area contributed by atoms with Crippen molar-refractivity contribution in [3.63, 3.8) is 0 Å². The van der Waals surface area contributed by atoms with Crippen molar-refractivity contribution >= 4 is 24.0 Å². The molecule has 0 radical (unpaired) electrons. The topological polar surface area (TPSA) is 232 Å². The van der Waals surface area contributed by atoms with Gasteiger partial charge >= 0.3 is 17.9 Å². The largest absolute Gasteiger partial charge is 0.504 e. The third-order valence-corrected chi connectivity index (χ3v) is 6.55. The molecule has 4 rings (SSSR count). The first-order valence-electron chi connectivity index (χ1n) is 11.3. The molecule has 8 N–H and O–H groups in total. The molecule has 6 atom stereocenters. The molecule has 0 saturated carbocycles. The van der Waals surface area contributed by atoms with Gasteiger partial charge in [0.15, 0.2) is 29.1 Å². The van der Waals surface area contributed by atoms with Gasteiger partial charge in [0, 0.05) is 5.92 Å². The lowest BCUT2D eigenvalue weighted by atomic mass is 9.71. The summed E-state index contributed by atoms with van der Waals surface area (Å²) in [7, 11) is 0. The lowest BCUT2D eigenvalue weighted by molar-refractivity contribution is -0.208. The monoisotopic (exact) mass is 532 g/mol. The summed E-state index contributed by atoms with van der Waals surface area (Å²) in [6.07, 6.45) is -5.84. The predicted molar refractivity (Wildman–Crippen MR) is 124 cm³/mol. The molecule has 0 amide bonds. The second kappa shape index (κ2) is 10.2. The van der Waals surface area contributed by atoms with Crippen LogP contribution in [0, 0.1) is 5.92 Å². The van der Waals surface area contributed by atoms with Crippen molar-refractivity contribution in [1.82, 2.24) is 0 Å². The summed E-state index contributed by atoms with van der Waals surface area (Å²) in [5, 5.41) is 79.6. The maximum Gasteiger partial charge on any atom is 0.335 e. The van der Waals surface area contributed by atoms with Crippen molar-refractivity contribution in [2.45, 2.75) is 36.8 Å². The maximum atomic E-state index is 13.4. The quantitative estimate of drug-likeness (QED) is 0.184. The number of carbonyl (C=O) groups is 3. The van der Waals surface area contributed by atoms with Crippen molar-refractivity contribution in [2.75, 3.05) is 6.61 Å². The standard InChI is InChI=1S/C25H24O13/c26-13-2-1-9(4-14(13)27)20-11-6-16(29)15(28)5-10(11)3-12(21(20)24(34)35)25(36)38-23-18(7-19(31)32)37-8-17(30)22(23)33/h1-6,17-18,20-23,26-30,33H,7-8H2,(H,31,32)(H,34,35). The second-order valence-electron chi connectivity index (χ2n) is 9.01. The maximum absolute atomic E-state index is 13.4. The van der Waals surface area contributed by atoms with Gasteiger partial charge in [-0.05, 0) is 47.0 Å². The van der Waals surface area contributed by atoms with E-state index in [2.05, 4.69) is 0 Å². The van der Waals surface area contributed by atoms with Crippen LogP contribution in [-0.2, 0) is 23.9 Å². The number of ether oxygens (including phenoxy) is 2. The van der Waals surface area contributed by atoms with Gasteiger partial charge in [-0.1, -0.05) is 6.07 Å². The van der Waals surface area contributed by atoms with Crippen LogP contribution in [0.3, 0.4) is 0 Å². The summed E-state index contributed by atoms with van der Waals surface area (Å²) in [6, 6.07) is 5.67. The van der Waals surface area contributed by atoms with Crippen LogP contribution in [0.15, 0.2) is 35.9 Å². The number of phenols is 4. The van der Waals surface area contributed by atoms with Crippen molar-refractivity contribution in [1.29, 1.82) is 0 Å². The lowest BCUT2D eigenvalue weighted by Crippen LogP contribution is -2.55. The molecule has 1 aliphatic heterocycles. The van der Waals surface area contributed by atoms with Gasteiger partial charge in [0.1, 0.15) is 18.3 Å². The first-order chi connectivity index (χ1) is 17.9. The Bertz CT molecular complexity index is 1320. The zero-order valence-corrected chi connectivity index (χ0v) is 19.5. The molecule has 2 aromatic carbocycles. The molecule has 13 nitrogen and oxygen atoms in total. The van der Waals surface area contributed by atoms with E-state index in [0.29, 0.717) is 0 Å². The van der Waals surface area contributed by atoms with Gasteiger partial charge in [0.05, 0.1) is 24.5 Å². The zero-order valence-electron chi connectivity index (χ0n) is 19.5. The Labute approximate surface area is 214 Å². The van der Waals surface area contributed by atoms with Crippen LogP contribution in [0.5, 0.6) is 23.0 Å². The summed E-state index contributed by atoms with van der Waals surface area (Å²) >= 11 is 0. The van der Waals surface area contributed by atoms with E-state index >= 15 is 0 Å². The number of aliphatic hydroxyl groups is 2. The number of aliphatic carboxylic acids is 2. The van der Waals surface area contributed by atoms with Crippen LogP contribution >= 0.6 is 0 Å². The third-order valence-electron chi connectivity index (χ3n) is 6.55. The van der Waals surface area contributed by atoms with Crippen molar-refractivity contribution in [3.05, 3.63) is 52.6 Å². The van der Waals surface area contributed by atoms with Crippen LogP contribution in [0.1, 0.15) is 29.0 Å². The number of esters is 1. The minimum atomic E-state index is -1.73. The number of fused-ring (bicyclic) bond motifs is 1. The van der Waals surface area contributed by atoms with Gasteiger partial charge < -0.3 is 50.3 Å². The molecule has 1 saturated heterocycles. The Morgan fingerprint density at radius 3 is 2.21 bits per heavy atom. The first-order valence-corrected chi connectivity index (χ1v) is 11.3. The smallest absolute Gasteiger partial charge is 0.335 e. The number of carboxylic acids is 2. The van der Waals surface area contributed by atoms with Crippen LogP contribution in [0.4, 0.5) is 0 Å². The molecular weight excluding hydrogens is 508 g/mol. The molecule has 6 unspecified atom stereocenters. The Morgan fingerprint density at radius 2 is 1.58 bits per heavy atom. The van der Waals surface area contributed by atoms with Gasteiger partial charge in [0.25, 0.3) is 0 Å². The predicted octanol–water partition coefficient (Wildman–Crippen LogP) is 0.246. The SMILES string of the molecule is O=C(O)CC1OCC(O)C(O)C1OC(=O)C1=Cc2cc(O)c(O)cc2C(c2ccc(O)c(O)c2)C1C(=O)O. The summed E-state index contributed by atoms with van der Waals surface area (Å²) in [4.78, 5) is 37.1. The van der Waals surface area contributed by atoms with E-state index in [4.69, 9.17) is 14.6 Å². The number of carboxylic acid groups (broad SMARTS) is 2. The molecule has 1 aliphatic carbocycles. The van der Waals surface area contributed by atoms with Gasteiger partial charge in [-0.15, -0.1) is 0 Å². The summed E-state index contributed by atoms with van der Waals surface area (Å²) < 4.78 is 10.6. The molecule has 0 aromatic heterocycles. The highest BCUT2D eigenvalue weighted by molar-refractivity contribution is 6.02. The zero-order chi connectivity index (χ0) is 27.9. The van der Waals surface area contributed by atoms with Crippen LogP contribution < -0.4 is 0 Å². The van der Waals surface area contributed by atoms with E-state index in [9.17, 15) is 50.1 Å². The molecule has 2 aromatic rings. The average Bonchev–Trinajstić information content (AvgIpc) is 2.84. The summed E-state index contributed by atoms with van der Waals surface area (Å²) in [5.41, 5.74) is -0.0777. The number of hydrogen-bond donors (Lipinski definition) is 8. The van der Waals surface area contributed by atoms with Crippen LogP contribution in [0.2, 0.25) is 0 Å². The number of aliphatic hydroxyl groups excluding tert-OH is 2. The molecule has 0 spiro atoms. The molecule has 1 heterocycles. The van der Waals surface area contributed by atoms with Crippen molar-refractivity contribution in [3.8, 4) is 23.0 Å². The summed E-state index contributed by atoms with van der Waals surface area (Å²) in [6.45, 7) is -0.420. The highest BCUT2D eigenvalue weighted by atomic mass is 16.6. The van der Waals surface area contributed by atoms with Crippen molar-refractivity contribution in [2.24, 2.45) is 5.92 Å². The Hall–Kier alpha value is -4.33. The van der Waals surface area contributed by atoms with E-state index < -0.39 is 95.8 Å². The highest BCUT2D eigenvalue weighted by Crippen LogP contribution is 2.47. The fourth-order valence-electron chi connectivity index (χ4n) is 4.73. The second-order valence-corrected chi connectivity index (χ2v) is 9.01. The van der Waals surface area contributed by atoms with Crippen molar-refractivity contribution < 1.29 is 64.7 Å². The highest BCUT2D eigenvalue weighted by Gasteiger charge is 2.46. The lowest BCUT2D eigenvalue weighted by Gasteiger charge is -2.38. The molecular formula is C25H24O13. The minimum absolute atomic E-state index is 0.116. The fraction of sp³-hybridized carbons (Fsp3) is 0.320. The number of benzene rings is 2. The van der Waals surface area contributed by atoms with Gasteiger partial charge in [0.2, 0.25) is 0 Å². The van der Waals surface area contributed by atoms with E-state index in [-0.39, 0.29) is 16.7 Å². The van der Waals surface area contributed by atoms with E-state index in [1.54, 1.807) is 0 Å². The Kier molecular flexibility index (Phi) is 7.18. The molecule has 202 valence electrons. The van der Waals surface area contributed by atoms with E-state index in [1.165, 1.54) is 6.07 Å². The third kappa shape index (κ3) is 4.94. The number of phenolic OH excluding ortho intramolecular Hbond substituents is 4. The fourth-order valence-corrected chi connectivity index (χ4v) is 4.73. The molecule has 13 heteroatoms. The molecule has 0 bridgehead atoms. The average molecular weight is 532 g/mol. The number of aromatic hydroxyl groups is 4. The van der Waals surface area contributed by atoms with Crippen LogP contribution in [0.25, 0.3) is 6.08 Å². The summed E-state index contributed by atoms with van der Waals surface area (Å²) in [5.74, 6) is -9.31. The van der Waals surface area contributed by atoms with E-state index in [0.717, 1.165) is 30.3 Å². The Morgan fingerprint density at radius 1 is 0.921 bits per heavy atom. The van der Waals surface area contributed by atoms with Gasteiger partial charge in [-0.2, -0.15) is 0 Å². The van der Waals surface area contributed by atoms with E-state index in [1.807, 2.05) is 0 Å². The molecule has 1 fully saturated rings.